The summed E-state index contributed by atoms with van der Waals surface area (Å²) in [6.45, 7) is -1.61. The topological polar surface area (TPSA) is 127 Å². The molecule has 0 fully saturated rings. The van der Waals surface area contributed by atoms with E-state index in [9.17, 15) is 36.2 Å². The molecule has 14 heteroatoms. The lowest BCUT2D eigenvalue weighted by Crippen LogP contribution is -2.46. The van der Waals surface area contributed by atoms with Crippen LogP contribution in [0.2, 0.25) is 0 Å². The van der Waals surface area contributed by atoms with Crippen LogP contribution in [-0.4, -0.2) is 45.5 Å². The number of nitrogens with one attached hydrogen (secondary N) is 1. The minimum absolute atomic E-state index is 0.0201. The highest BCUT2D eigenvalue weighted by Gasteiger charge is 2.59. The Morgan fingerprint density at radius 2 is 1.87 bits per heavy atom. The predicted octanol–water partition coefficient (Wildman–Crippen LogP) is 2.44. The molecular formula is C16H15F6N5O3. The maximum absolute atomic E-state index is 13.8. The molecule has 1 atom stereocenters. The van der Waals surface area contributed by atoms with Crippen molar-refractivity contribution in [2.24, 2.45) is 0 Å². The lowest BCUT2D eigenvalue weighted by Gasteiger charge is -2.30. The van der Waals surface area contributed by atoms with Crippen LogP contribution in [0.5, 0.6) is 0 Å². The van der Waals surface area contributed by atoms with Gasteiger partial charge < -0.3 is 20.6 Å². The fourth-order valence-electron chi connectivity index (χ4n) is 3.05. The van der Waals surface area contributed by atoms with E-state index < -0.39 is 71.1 Å². The summed E-state index contributed by atoms with van der Waals surface area (Å²) >= 11 is 0. The number of aliphatic hydroxyl groups is 1. The van der Waals surface area contributed by atoms with E-state index in [-0.39, 0.29) is 19.4 Å². The summed E-state index contributed by atoms with van der Waals surface area (Å²) in [7, 11) is 0. The average Bonchev–Trinajstić information content (AvgIpc) is 3.12. The molecule has 0 radical (unpaired) electrons. The highest BCUT2D eigenvalue weighted by molar-refractivity contribution is 5.95. The average molecular weight is 439 g/mol. The number of alkyl halides is 6. The third-order valence-corrected chi connectivity index (χ3v) is 4.74. The van der Waals surface area contributed by atoms with Gasteiger partial charge in [0.2, 0.25) is 5.89 Å². The van der Waals surface area contributed by atoms with E-state index in [0.717, 1.165) is 0 Å². The number of nitrogens with zero attached hydrogens (tertiary/aromatic N) is 3. The van der Waals surface area contributed by atoms with Gasteiger partial charge in [0, 0.05) is 6.54 Å². The summed E-state index contributed by atoms with van der Waals surface area (Å²) in [5.74, 6) is -2.88. The number of hydrogen-bond acceptors (Lipinski definition) is 7. The monoisotopic (exact) mass is 439 g/mol. The van der Waals surface area contributed by atoms with Crippen LogP contribution in [-0.2, 0) is 11.6 Å². The second-order valence-electron chi connectivity index (χ2n) is 6.68. The van der Waals surface area contributed by atoms with E-state index in [1.54, 1.807) is 0 Å². The molecule has 2 aromatic heterocycles. The third-order valence-electron chi connectivity index (χ3n) is 4.74. The molecule has 0 spiro atoms. The Kier molecular flexibility index (Phi) is 5.39. The van der Waals surface area contributed by atoms with Crippen molar-refractivity contribution in [3.05, 3.63) is 23.2 Å². The predicted molar refractivity (Wildman–Crippen MR) is 87.9 cm³/mol. The van der Waals surface area contributed by atoms with Crippen LogP contribution >= 0.6 is 0 Å². The minimum atomic E-state index is -4.97. The minimum Gasteiger partial charge on any atom is -0.418 e. The first-order valence-corrected chi connectivity index (χ1v) is 8.58. The van der Waals surface area contributed by atoms with Crippen LogP contribution in [0.3, 0.4) is 0 Å². The first-order valence-electron chi connectivity index (χ1n) is 8.58. The molecular weight excluding hydrogens is 424 g/mol. The Labute approximate surface area is 164 Å². The summed E-state index contributed by atoms with van der Waals surface area (Å²) in [6, 6.07) is 0.420. The molecule has 8 nitrogen and oxygen atoms in total. The summed E-state index contributed by atoms with van der Waals surface area (Å²) in [4.78, 5) is 15.8. The smallest absolute Gasteiger partial charge is 0.418 e. The van der Waals surface area contributed by atoms with Crippen LogP contribution in [0.4, 0.5) is 32.0 Å². The molecule has 1 unspecified atom stereocenters. The zero-order valence-electron chi connectivity index (χ0n) is 15.1. The zero-order chi connectivity index (χ0) is 22.3. The van der Waals surface area contributed by atoms with Crippen molar-refractivity contribution in [1.82, 2.24) is 20.5 Å². The van der Waals surface area contributed by atoms with Gasteiger partial charge in [0.05, 0.1) is 17.9 Å². The molecule has 30 heavy (non-hydrogen) atoms. The number of fused-ring (bicyclic) bond motifs is 5. The Morgan fingerprint density at radius 1 is 1.17 bits per heavy atom. The molecule has 0 aliphatic carbocycles. The second kappa shape index (κ2) is 7.41. The summed E-state index contributed by atoms with van der Waals surface area (Å²) < 4.78 is 86.4. The highest BCUT2D eigenvalue weighted by atomic mass is 19.4. The van der Waals surface area contributed by atoms with Crippen molar-refractivity contribution in [3.8, 4) is 11.6 Å². The quantitative estimate of drug-likeness (QED) is 0.583. The van der Waals surface area contributed by atoms with E-state index in [2.05, 4.69) is 20.5 Å². The summed E-state index contributed by atoms with van der Waals surface area (Å²) in [5.41, 5.74) is -0.978. The molecule has 0 saturated heterocycles. The first kappa shape index (κ1) is 21.8. The number of rotatable bonds is 1. The molecule has 1 aliphatic rings. The highest BCUT2D eigenvalue weighted by Crippen LogP contribution is 2.45. The van der Waals surface area contributed by atoms with E-state index in [1.165, 1.54) is 0 Å². The third kappa shape index (κ3) is 3.66. The Balaban J connectivity index is 2.24. The van der Waals surface area contributed by atoms with Crippen LogP contribution < -0.4 is 11.1 Å². The molecule has 0 aromatic carbocycles. The van der Waals surface area contributed by atoms with Gasteiger partial charge in [0.15, 0.2) is 11.1 Å². The van der Waals surface area contributed by atoms with Crippen LogP contribution in [0, 0.1) is 0 Å². The number of anilines is 1. The van der Waals surface area contributed by atoms with Gasteiger partial charge >= 0.3 is 12.4 Å². The number of nitrogens with two attached hydrogens (primary N) is 1. The van der Waals surface area contributed by atoms with E-state index in [4.69, 9.17) is 10.2 Å². The SMILES string of the molecule is Nc1cc(C(F)(F)F)c2nc1-c1nnc(o1)C(CO)(C(F)(F)F)CCCCNC2=O. The zero-order valence-corrected chi connectivity index (χ0v) is 15.1. The molecule has 164 valence electrons. The van der Waals surface area contributed by atoms with Crippen LogP contribution in [0.1, 0.15) is 41.2 Å². The molecule has 4 bridgehead atoms. The van der Waals surface area contributed by atoms with Gasteiger partial charge in [-0.2, -0.15) is 26.3 Å². The number of amides is 1. The van der Waals surface area contributed by atoms with E-state index in [0.29, 0.717) is 6.07 Å². The van der Waals surface area contributed by atoms with Gasteiger partial charge in [-0.25, -0.2) is 4.98 Å². The Morgan fingerprint density at radius 3 is 2.47 bits per heavy atom. The first-order chi connectivity index (χ1) is 13.9. The van der Waals surface area contributed by atoms with Gasteiger partial charge in [-0.15, -0.1) is 10.2 Å². The van der Waals surface area contributed by atoms with Gasteiger partial charge in [-0.05, 0) is 18.9 Å². The Bertz CT molecular complexity index is 958. The fourth-order valence-corrected chi connectivity index (χ4v) is 3.05. The van der Waals surface area contributed by atoms with E-state index >= 15 is 0 Å². The van der Waals surface area contributed by atoms with Crippen LogP contribution in [0.25, 0.3) is 11.6 Å². The molecule has 1 aliphatic heterocycles. The second-order valence-corrected chi connectivity index (χ2v) is 6.68. The van der Waals surface area contributed by atoms with Crippen LogP contribution in [0.15, 0.2) is 10.5 Å². The molecule has 3 heterocycles. The lowest BCUT2D eigenvalue weighted by atomic mass is 9.82. The molecule has 3 rings (SSSR count). The lowest BCUT2D eigenvalue weighted by molar-refractivity contribution is -0.210. The summed E-state index contributed by atoms with van der Waals surface area (Å²) in [6.07, 6.45) is -10.8. The number of aromatic nitrogens is 3. The normalized spacial score (nSPS) is 20.7. The number of pyridine rings is 1. The molecule has 1 amide bonds. The van der Waals surface area contributed by atoms with E-state index in [1.807, 2.05) is 0 Å². The molecule has 2 aromatic rings. The van der Waals surface area contributed by atoms with Crippen molar-refractivity contribution in [2.75, 3.05) is 18.9 Å². The standard InChI is InChI=1S/C16H15F6N5O3/c17-15(18,19)7-5-8(23)10-12-26-27-13(30-12)14(6-28,16(20,21)22)3-1-2-4-24-11(29)9(7)25-10/h5,28H,1-4,6,23H2,(H,24,29). The number of aliphatic hydroxyl groups excluding tert-OH is 1. The van der Waals surface area contributed by atoms with Gasteiger partial charge in [-0.3, -0.25) is 4.79 Å². The maximum atomic E-state index is 13.8. The Hall–Kier alpha value is -2.90. The number of halogens is 6. The van der Waals surface area contributed by atoms with Gasteiger partial charge in [0.25, 0.3) is 11.8 Å². The maximum Gasteiger partial charge on any atom is 0.418 e. The number of carbonyl (C=O) groups is 1. The number of nitrogen functional groups attached to an aromatic ring is 1. The van der Waals surface area contributed by atoms with Crippen molar-refractivity contribution in [1.29, 1.82) is 0 Å². The van der Waals surface area contributed by atoms with Gasteiger partial charge in [-0.1, -0.05) is 6.42 Å². The number of hydrogen-bond donors (Lipinski definition) is 3. The fraction of sp³-hybridized carbons (Fsp3) is 0.500. The van der Waals surface area contributed by atoms with Crippen molar-refractivity contribution in [2.45, 2.75) is 37.0 Å². The molecule has 4 N–H and O–H groups in total. The largest absolute Gasteiger partial charge is 0.418 e. The van der Waals surface area contributed by atoms with Crippen molar-refractivity contribution in [3.63, 3.8) is 0 Å². The molecule has 0 saturated carbocycles. The van der Waals surface area contributed by atoms with Crippen molar-refractivity contribution < 1.29 is 40.7 Å². The van der Waals surface area contributed by atoms with Gasteiger partial charge in [0.1, 0.15) is 5.69 Å². The number of carbonyl (C=O) groups excluding carboxylic acids is 1. The summed E-state index contributed by atoms with van der Waals surface area (Å²) in [5, 5.41) is 18.5. The van der Waals surface area contributed by atoms with Crippen molar-refractivity contribution >= 4 is 11.6 Å².